The molecule has 0 saturated carbocycles. The fraction of sp³-hybridized carbons (Fsp3) is 0.400. The molecule has 0 bridgehead atoms. The van der Waals surface area contributed by atoms with Gasteiger partial charge in [-0.15, -0.1) is 11.8 Å². The van der Waals surface area contributed by atoms with E-state index in [1.54, 1.807) is 25.1 Å². The third-order valence-corrected chi connectivity index (χ3v) is 2.21. The first kappa shape index (κ1) is 9.04. The second-order valence-electron chi connectivity index (χ2n) is 1.13. The van der Waals surface area contributed by atoms with Gasteiger partial charge in [0.15, 0.2) is 6.40 Å². The van der Waals surface area contributed by atoms with Crippen LogP contribution in [0, 0.1) is 0 Å². The molecule has 0 unspecified atom stereocenters. The first-order valence-corrected chi connectivity index (χ1v) is 4.27. The number of ether oxygens (including phenoxy) is 1. The van der Waals surface area contributed by atoms with Gasteiger partial charge in [0.05, 0.1) is 17.1 Å². The van der Waals surface area contributed by atoms with Gasteiger partial charge in [0.2, 0.25) is 0 Å². The zero-order chi connectivity index (χ0) is 7.11. The molecule has 0 aliphatic rings. The van der Waals surface area contributed by atoms with E-state index in [1.165, 1.54) is 6.40 Å². The van der Waals surface area contributed by atoms with Gasteiger partial charge < -0.3 is 4.74 Å². The van der Waals surface area contributed by atoms with Gasteiger partial charge in [-0.3, -0.25) is 0 Å². The smallest absolute Gasteiger partial charge is 0.173 e. The van der Waals surface area contributed by atoms with E-state index in [2.05, 4.69) is 25.7 Å². The summed E-state index contributed by atoms with van der Waals surface area (Å²) in [7, 11) is 1.56. The maximum atomic E-state index is 4.57. The summed E-state index contributed by atoms with van der Waals surface area (Å²) in [6.45, 7) is 0. The van der Waals surface area contributed by atoms with Crippen molar-refractivity contribution in [1.29, 1.82) is 0 Å². The number of nitrogens with zero attached hydrogens (tertiary/aromatic N) is 1. The van der Waals surface area contributed by atoms with Gasteiger partial charge in [0.25, 0.3) is 0 Å². The zero-order valence-corrected chi connectivity index (χ0v) is 7.70. The van der Waals surface area contributed by atoms with E-state index in [4.69, 9.17) is 0 Å². The largest absolute Gasteiger partial charge is 0.486 e. The van der Waals surface area contributed by atoms with Crippen LogP contribution in [0.2, 0.25) is 0 Å². The van der Waals surface area contributed by atoms with Crippen LogP contribution in [0.4, 0.5) is 0 Å². The molecule has 0 rings (SSSR count). The summed E-state index contributed by atoms with van der Waals surface area (Å²) in [6.07, 6.45) is 5.01. The molecule has 0 atom stereocenters. The number of rotatable bonds is 3. The van der Waals surface area contributed by atoms with Crippen molar-refractivity contribution in [3.05, 3.63) is 10.0 Å². The Kier molecular flexibility index (Phi) is 6.19. The molecule has 0 N–H and O–H groups in total. The second kappa shape index (κ2) is 6.16. The highest BCUT2D eigenvalue weighted by atomic mass is 79.9. The molecule has 4 heteroatoms. The topological polar surface area (TPSA) is 21.6 Å². The van der Waals surface area contributed by atoms with Crippen molar-refractivity contribution in [2.24, 2.45) is 4.99 Å². The molecule has 0 aliphatic carbocycles. The summed E-state index contributed by atoms with van der Waals surface area (Å²) in [6, 6.07) is 0. The van der Waals surface area contributed by atoms with Crippen LogP contribution in [0.5, 0.6) is 0 Å². The first-order chi connectivity index (χ1) is 4.31. The normalized spacial score (nSPS) is 12.6. The van der Waals surface area contributed by atoms with Crippen LogP contribution in [0.15, 0.2) is 15.0 Å². The Morgan fingerprint density at radius 2 is 2.44 bits per heavy atom. The number of aliphatic imine (C=N–C) groups is 1. The lowest BCUT2D eigenvalue weighted by Gasteiger charge is -1.85. The molecule has 0 amide bonds. The molecular weight excluding hydrogens is 202 g/mol. The molecule has 0 aromatic carbocycles. The van der Waals surface area contributed by atoms with Crippen molar-refractivity contribution >= 4 is 34.1 Å². The summed E-state index contributed by atoms with van der Waals surface area (Å²) >= 11 is 4.85. The number of methoxy groups -OCH3 is 1. The molecule has 0 aromatic heterocycles. The van der Waals surface area contributed by atoms with E-state index in [0.29, 0.717) is 0 Å². The van der Waals surface area contributed by atoms with E-state index in [-0.39, 0.29) is 0 Å². The fourth-order valence-corrected chi connectivity index (χ4v) is 0.487. The molecule has 0 fully saturated rings. The Morgan fingerprint density at radius 1 is 1.78 bits per heavy atom. The maximum Gasteiger partial charge on any atom is 0.173 e. The predicted molar refractivity (Wildman–Crippen MR) is 46.0 cm³/mol. The quantitative estimate of drug-likeness (QED) is 0.526. The minimum atomic E-state index is 0.982. The van der Waals surface area contributed by atoms with Crippen molar-refractivity contribution < 1.29 is 4.74 Å². The average Bonchev–Trinajstić information content (AvgIpc) is 1.89. The molecular formula is C5H8BrNOS. The lowest BCUT2D eigenvalue weighted by atomic mass is 11.0. The summed E-state index contributed by atoms with van der Waals surface area (Å²) in [5, 5.41) is 0. The van der Waals surface area contributed by atoms with Crippen LogP contribution < -0.4 is 0 Å². The second-order valence-corrected chi connectivity index (χ2v) is 3.35. The van der Waals surface area contributed by atoms with E-state index in [1.807, 2.05) is 6.26 Å². The van der Waals surface area contributed by atoms with Crippen molar-refractivity contribution in [3.63, 3.8) is 0 Å². The Balaban J connectivity index is 3.55. The van der Waals surface area contributed by atoms with Gasteiger partial charge in [0, 0.05) is 0 Å². The Morgan fingerprint density at radius 3 is 2.89 bits per heavy atom. The molecule has 0 aromatic rings. The predicted octanol–water partition coefficient (Wildman–Crippen LogP) is 2.22. The highest BCUT2D eigenvalue weighted by molar-refractivity contribution is 9.14. The third-order valence-electron chi connectivity index (χ3n) is 0.537. The van der Waals surface area contributed by atoms with Crippen LogP contribution >= 0.6 is 27.7 Å². The Labute approximate surface area is 67.5 Å². The highest BCUT2D eigenvalue weighted by Crippen LogP contribution is 2.17. The van der Waals surface area contributed by atoms with Crippen LogP contribution in [0.1, 0.15) is 0 Å². The van der Waals surface area contributed by atoms with Crippen molar-refractivity contribution in [2.75, 3.05) is 13.4 Å². The molecule has 2 nitrogen and oxygen atoms in total. The lowest BCUT2D eigenvalue weighted by molar-refractivity contribution is 0.423. The maximum absolute atomic E-state index is 4.57. The van der Waals surface area contributed by atoms with Crippen LogP contribution in [0.3, 0.4) is 0 Å². The van der Waals surface area contributed by atoms with Gasteiger partial charge in [-0.05, 0) is 22.2 Å². The average molecular weight is 210 g/mol. The number of halogens is 1. The van der Waals surface area contributed by atoms with E-state index in [9.17, 15) is 0 Å². The van der Waals surface area contributed by atoms with Crippen LogP contribution in [-0.4, -0.2) is 19.8 Å². The number of thioether (sulfide) groups is 1. The molecule has 0 heterocycles. The van der Waals surface area contributed by atoms with Gasteiger partial charge in [-0.2, -0.15) is 0 Å². The molecule has 52 valence electrons. The molecule has 0 saturated heterocycles. The zero-order valence-electron chi connectivity index (χ0n) is 5.30. The first-order valence-electron chi connectivity index (χ1n) is 2.25. The van der Waals surface area contributed by atoms with Crippen LogP contribution in [0.25, 0.3) is 0 Å². The lowest BCUT2D eigenvalue weighted by Crippen LogP contribution is -1.72. The molecule has 0 spiro atoms. The SMILES string of the molecule is COC=N/C=C(/Br)SC. The van der Waals surface area contributed by atoms with Crippen LogP contribution in [-0.2, 0) is 4.74 Å². The summed E-state index contributed by atoms with van der Waals surface area (Å²) in [4.78, 5) is 3.78. The standard InChI is InChI=1S/C5H8BrNOS/c1-8-4-7-3-5(6)9-2/h3-4H,1-2H3/b5-3-,7-4?. The van der Waals surface area contributed by atoms with Gasteiger partial charge in [-0.25, -0.2) is 4.99 Å². The Bertz CT molecular complexity index is 124. The van der Waals surface area contributed by atoms with E-state index >= 15 is 0 Å². The minimum absolute atomic E-state index is 0.982. The van der Waals surface area contributed by atoms with Gasteiger partial charge in [-0.1, -0.05) is 0 Å². The fourth-order valence-electron chi connectivity index (χ4n) is 0.203. The number of hydrogen-bond acceptors (Lipinski definition) is 3. The van der Waals surface area contributed by atoms with Gasteiger partial charge in [0.1, 0.15) is 0 Å². The monoisotopic (exact) mass is 209 g/mol. The number of hydrogen-bond donors (Lipinski definition) is 0. The summed E-state index contributed by atoms with van der Waals surface area (Å²) < 4.78 is 5.55. The minimum Gasteiger partial charge on any atom is -0.486 e. The molecule has 0 radical (unpaired) electrons. The van der Waals surface area contributed by atoms with E-state index in [0.717, 1.165) is 3.81 Å². The van der Waals surface area contributed by atoms with Crippen molar-refractivity contribution in [3.8, 4) is 0 Å². The van der Waals surface area contributed by atoms with E-state index < -0.39 is 0 Å². The van der Waals surface area contributed by atoms with Crippen molar-refractivity contribution in [2.45, 2.75) is 0 Å². The third kappa shape index (κ3) is 5.92. The summed E-state index contributed by atoms with van der Waals surface area (Å²) in [5.74, 6) is 0. The van der Waals surface area contributed by atoms with Gasteiger partial charge >= 0.3 is 0 Å². The molecule has 0 aliphatic heterocycles. The molecule has 9 heavy (non-hydrogen) atoms. The van der Waals surface area contributed by atoms with Crippen molar-refractivity contribution in [1.82, 2.24) is 0 Å². The Hall–Kier alpha value is 0.0400. The summed E-state index contributed by atoms with van der Waals surface area (Å²) in [5.41, 5.74) is 0. The highest BCUT2D eigenvalue weighted by Gasteiger charge is 1.80.